The van der Waals surface area contributed by atoms with Gasteiger partial charge in [-0.3, -0.25) is 10.1 Å². The molecule has 1 aromatic heterocycles. The molecule has 0 aliphatic heterocycles. The molecule has 1 aromatic carbocycles. The van der Waals surface area contributed by atoms with Gasteiger partial charge in [-0.25, -0.2) is 4.98 Å². The van der Waals surface area contributed by atoms with Gasteiger partial charge in [0.05, 0.1) is 16.9 Å². The van der Waals surface area contributed by atoms with Crippen LogP contribution in [0.2, 0.25) is 0 Å². The van der Waals surface area contributed by atoms with Gasteiger partial charge >= 0.3 is 0 Å². The standard InChI is InChI=1S/C15H20N4O2/c1-12(2)7-16-8-14-10-18(11-17-14)9-13-4-3-5-15(6-13)19(20)21/h3-6,10-12,16H,7-9H2,1-2H3. The topological polar surface area (TPSA) is 73.0 Å². The van der Waals surface area contributed by atoms with Crippen molar-refractivity contribution in [3.63, 3.8) is 0 Å². The van der Waals surface area contributed by atoms with Gasteiger partial charge in [-0.05, 0) is 18.0 Å². The highest BCUT2D eigenvalue weighted by molar-refractivity contribution is 5.34. The highest BCUT2D eigenvalue weighted by Gasteiger charge is 2.06. The predicted octanol–water partition coefficient (Wildman–Crippen LogP) is 2.59. The summed E-state index contributed by atoms with van der Waals surface area (Å²) in [5, 5.41) is 14.1. The van der Waals surface area contributed by atoms with Crippen molar-refractivity contribution in [3.05, 3.63) is 58.2 Å². The maximum absolute atomic E-state index is 10.8. The monoisotopic (exact) mass is 288 g/mol. The normalized spacial score (nSPS) is 11.0. The van der Waals surface area contributed by atoms with Gasteiger partial charge in [-0.2, -0.15) is 0 Å². The maximum Gasteiger partial charge on any atom is 0.269 e. The number of hydrogen-bond donors (Lipinski definition) is 1. The minimum Gasteiger partial charge on any atom is -0.333 e. The van der Waals surface area contributed by atoms with Crippen LogP contribution in [-0.4, -0.2) is 21.0 Å². The third-order valence-corrected chi connectivity index (χ3v) is 3.03. The Kier molecular flexibility index (Phi) is 5.05. The van der Waals surface area contributed by atoms with Crippen LogP contribution >= 0.6 is 0 Å². The van der Waals surface area contributed by atoms with Crippen LogP contribution in [0, 0.1) is 16.0 Å². The lowest BCUT2D eigenvalue weighted by Crippen LogP contribution is -2.19. The number of rotatable bonds is 7. The van der Waals surface area contributed by atoms with Crippen molar-refractivity contribution >= 4 is 5.69 Å². The van der Waals surface area contributed by atoms with Gasteiger partial charge in [0.25, 0.3) is 5.69 Å². The molecule has 1 N–H and O–H groups in total. The van der Waals surface area contributed by atoms with Crippen molar-refractivity contribution in [1.29, 1.82) is 0 Å². The van der Waals surface area contributed by atoms with E-state index in [0.29, 0.717) is 12.5 Å². The molecule has 1 heterocycles. The smallest absolute Gasteiger partial charge is 0.269 e. The van der Waals surface area contributed by atoms with E-state index in [2.05, 4.69) is 24.1 Å². The van der Waals surface area contributed by atoms with Crippen LogP contribution in [0.15, 0.2) is 36.8 Å². The molecular weight excluding hydrogens is 268 g/mol. The summed E-state index contributed by atoms with van der Waals surface area (Å²) in [7, 11) is 0. The average Bonchev–Trinajstić information content (AvgIpc) is 2.86. The van der Waals surface area contributed by atoms with E-state index in [9.17, 15) is 10.1 Å². The lowest BCUT2D eigenvalue weighted by Gasteiger charge is -2.05. The van der Waals surface area contributed by atoms with Crippen LogP contribution in [0.4, 0.5) is 5.69 Å². The van der Waals surface area contributed by atoms with Crippen LogP contribution in [0.25, 0.3) is 0 Å². The molecule has 0 fully saturated rings. The first-order valence-corrected chi connectivity index (χ1v) is 6.99. The van der Waals surface area contributed by atoms with Crippen LogP contribution in [-0.2, 0) is 13.1 Å². The molecule has 0 aliphatic carbocycles. The van der Waals surface area contributed by atoms with E-state index >= 15 is 0 Å². The van der Waals surface area contributed by atoms with Crippen LogP contribution in [0.5, 0.6) is 0 Å². The summed E-state index contributed by atoms with van der Waals surface area (Å²) in [6.45, 7) is 6.60. The second-order valence-electron chi connectivity index (χ2n) is 5.49. The summed E-state index contributed by atoms with van der Waals surface area (Å²) in [5.74, 6) is 0.608. The van der Waals surface area contributed by atoms with Crippen molar-refractivity contribution in [1.82, 2.24) is 14.9 Å². The van der Waals surface area contributed by atoms with E-state index in [1.807, 2.05) is 16.8 Å². The highest BCUT2D eigenvalue weighted by atomic mass is 16.6. The Hall–Kier alpha value is -2.21. The average molecular weight is 288 g/mol. The quantitative estimate of drug-likeness (QED) is 0.628. The van der Waals surface area contributed by atoms with Crippen molar-refractivity contribution in [3.8, 4) is 0 Å². The van der Waals surface area contributed by atoms with Gasteiger partial charge in [0, 0.05) is 31.4 Å². The number of nitrogens with one attached hydrogen (secondary N) is 1. The molecule has 0 atom stereocenters. The molecule has 2 aromatic rings. The Labute approximate surface area is 124 Å². The maximum atomic E-state index is 10.8. The highest BCUT2D eigenvalue weighted by Crippen LogP contribution is 2.14. The minimum atomic E-state index is -0.376. The molecule has 0 saturated heterocycles. The number of benzene rings is 1. The largest absolute Gasteiger partial charge is 0.333 e. The Morgan fingerprint density at radius 3 is 2.95 bits per heavy atom. The Morgan fingerprint density at radius 1 is 1.43 bits per heavy atom. The SMILES string of the molecule is CC(C)CNCc1cn(Cc2cccc([N+](=O)[O-])c2)cn1. The molecule has 6 nitrogen and oxygen atoms in total. The number of hydrogen-bond acceptors (Lipinski definition) is 4. The molecule has 112 valence electrons. The molecule has 21 heavy (non-hydrogen) atoms. The number of aromatic nitrogens is 2. The number of nitrogens with zero attached hydrogens (tertiary/aromatic N) is 3. The molecule has 2 rings (SSSR count). The van der Waals surface area contributed by atoms with Crippen molar-refractivity contribution < 1.29 is 4.92 Å². The van der Waals surface area contributed by atoms with E-state index < -0.39 is 0 Å². The zero-order valence-corrected chi connectivity index (χ0v) is 12.3. The first-order valence-electron chi connectivity index (χ1n) is 6.99. The van der Waals surface area contributed by atoms with Gasteiger partial charge in [0.1, 0.15) is 0 Å². The molecule has 0 aliphatic rings. The number of nitro groups is 1. The molecule has 6 heteroatoms. The van der Waals surface area contributed by atoms with Gasteiger partial charge < -0.3 is 9.88 Å². The first-order chi connectivity index (χ1) is 10.0. The fourth-order valence-corrected chi connectivity index (χ4v) is 2.05. The summed E-state index contributed by atoms with van der Waals surface area (Å²) in [6.07, 6.45) is 3.72. The Bertz CT molecular complexity index is 607. The zero-order valence-electron chi connectivity index (χ0n) is 12.3. The van der Waals surface area contributed by atoms with E-state index in [1.165, 1.54) is 6.07 Å². The Morgan fingerprint density at radius 2 is 2.24 bits per heavy atom. The van der Waals surface area contributed by atoms with Crippen molar-refractivity contribution in [2.45, 2.75) is 26.9 Å². The molecule has 0 bridgehead atoms. The summed E-state index contributed by atoms with van der Waals surface area (Å²) in [5.41, 5.74) is 1.98. The predicted molar refractivity (Wildman–Crippen MR) is 81.0 cm³/mol. The lowest BCUT2D eigenvalue weighted by atomic mass is 10.2. The summed E-state index contributed by atoms with van der Waals surface area (Å²) >= 11 is 0. The molecule has 0 amide bonds. The van der Waals surface area contributed by atoms with Crippen LogP contribution < -0.4 is 5.32 Å². The molecule has 0 unspecified atom stereocenters. The summed E-state index contributed by atoms with van der Waals surface area (Å²) in [4.78, 5) is 14.7. The molecule has 0 radical (unpaired) electrons. The minimum absolute atomic E-state index is 0.117. The third-order valence-electron chi connectivity index (χ3n) is 3.03. The van der Waals surface area contributed by atoms with Gasteiger partial charge in [0.15, 0.2) is 0 Å². The molecule has 0 saturated carbocycles. The number of imidazole rings is 1. The van der Waals surface area contributed by atoms with Gasteiger partial charge in [-0.1, -0.05) is 26.0 Å². The van der Waals surface area contributed by atoms with E-state index in [-0.39, 0.29) is 10.6 Å². The second kappa shape index (κ2) is 6.99. The summed E-state index contributed by atoms with van der Waals surface area (Å²) in [6, 6.07) is 6.68. The first kappa shape index (κ1) is 15.2. The van der Waals surface area contributed by atoms with Gasteiger partial charge in [-0.15, -0.1) is 0 Å². The van der Waals surface area contributed by atoms with Crippen LogP contribution in [0.3, 0.4) is 0 Å². The zero-order chi connectivity index (χ0) is 15.2. The number of nitro benzene ring substituents is 1. The van der Waals surface area contributed by atoms with E-state index in [4.69, 9.17) is 0 Å². The van der Waals surface area contributed by atoms with Crippen LogP contribution in [0.1, 0.15) is 25.1 Å². The van der Waals surface area contributed by atoms with E-state index in [0.717, 1.165) is 24.3 Å². The molecule has 0 spiro atoms. The molecular formula is C15H20N4O2. The summed E-state index contributed by atoms with van der Waals surface area (Å²) < 4.78 is 1.94. The van der Waals surface area contributed by atoms with Crippen molar-refractivity contribution in [2.75, 3.05) is 6.54 Å². The fraction of sp³-hybridized carbons (Fsp3) is 0.400. The second-order valence-corrected chi connectivity index (χ2v) is 5.49. The van der Waals surface area contributed by atoms with Crippen molar-refractivity contribution in [2.24, 2.45) is 5.92 Å². The lowest BCUT2D eigenvalue weighted by molar-refractivity contribution is -0.384. The fourth-order valence-electron chi connectivity index (χ4n) is 2.05. The van der Waals surface area contributed by atoms with Gasteiger partial charge in [0.2, 0.25) is 0 Å². The Balaban J connectivity index is 1.96. The third kappa shape index (κ3) is 4.68. The van der Waals surface area contributed by atoms with E-state index in [1.54, 1.807) is 18.5 Å². The number of non-ortho nitro benzene ring substituents is 1.